The van der Waals surface area contributed by atoms with Crippen molar-refractivity contribution in [3.8, 4) is 5.75 Å². The van der Waals surface area contributed by atoms with Crippen molar-refractivity contribution in [2.24, 2.45) is 11.8 Å². The molecular weight excluding hydrogens is 492 g/mol. The van der Waals surface area contributed by atoms with Crippen LogP contribution in [0.2, 0.25) is 0 Å². The lowest BCUT2D eigenvalue weighted by molar-refractivity contribution is 0.000604. The van der Waals surface area contributed by atoms with E-state index in [1.807, 2.05) is 27.7 Å². The fraction of sp³-hybridized carbons (Fsp3) is 0.714. The van der Waals surface area contributed by atoms with Gasteiger partial charge < -0.3 is 28.4 Å². The molecule has 10 heteroatoms. The quantitative estimate of drug-likeness (QED) is 0.246. The third-order valence-electron chi connectivity index (χ3n) is 7.10. The first-order chi connectivity index (χ1) is 17.9. The van der Waals surface area contributed by atoms with Crippen LogP contribution in [0.5, 0.6) is 5.75 Å². The van der Waals surface area contributed by atoms with Crippen molar-refractivity contribution in [3.63, 3.8) is 0 Å². The Morgan fingerprint density at radius 1 is 1.03 bits per heavy atom. The maximum Gasteiger partial charge on any atom is 0.410 e. The molecule has 0 aromatic carbocycles. The van der Waals surface area contributed by atoms with Crippen molar-refractivity contribution >= 4 is 18.0 Å². The topological polar surface area (TPSA) is 113 Å². The first-order valence-electron chi connectivity index (χ1n) is 13.7. The number of carbonyl (C=O) groups excluding carboxylic acids is 3. The van der Waals surface area contributed by atoms with Gasteiger partial charge in [-0.1, -0.05) is 20.3 Å². The van der Waals surface area contributed by atoms with E-state index in [-0.39, 0.29) is 61.4 Å². The van der Waals surface area contributed by atoms with E-state index in [0.717, 1.165) is 19.3 Å². The number of amides is 1. The molecule has 1 aliphatic heterocycles. The third-order valence-corrected chi connectivity index (χ3v) is 7.10. The Kier molecular flexibility index (Phi) is 9.49. The molecule has 38 heavy (non-hydrogen) atoms. The molecule has 10 nitrogen and oxygen atoms in total. The van der Waals surface area contributed by atoms with Crippen LogP contribution in [0.15, 0.2) is 11.0 Å². The molecule has 2 aliphatic rings. The van der Waals surface area contributed by atoms with Crippen molar-refractivity contribution < 1.29 is 33.3 Å². The van der Waals surface area contributed by atoms with Crippen LogP contribution in [-0.4, -0.2) is 65.0 Å². The van der Waals surface area contributed by atoms with E-state index in [4.69, 9.17) is 18.9 Å². The molecule has 212 valence electrons. The summed E-state index contributed by atoms with van der Waals surface area (Å²) in [7, 11) is 0. The Labute approximate surface area is 224 Å². The van der Waals surface area contributed by atoms with Crippen LogP contribution >= 0.6 is 0 Å². The van der Waals surface area contributed by atoms with Gasteiger partial charge in [0.05, 0.1) is 25.9 Å². The normalized spacial score (nSPS) is 22.3. The van der Waals surface area contributed by atoms with E-state index in [1.54, 1.807) is 18.7 Å². The number of unbranched alkanes of at least 4 members (excludes halogenated alkanes) is 1. The van der Waals surface area contributed by atoms with Gasteiger partial charge in [0, 0.05) is 18.8 Å². The van der Waals surface area contributed by atoms with E-state index < -0.39 is 29.1 Å². The lowest BCUT2D eigenvalue weighted by Crippen LogP contribution is -2.50. The molecule has 2 fully saturated rings. The largest absolute Gasteiger partial charge is 0.487 e. The summed E-state index contributed by atoms with van der Waals surface area (Å²) < 4.78 is 23.5. The number of aromatic nitrogens is 1. The summed E-state index contributed by atoms with van der Waals surface area (Å²) in [5, 5.41) is 0. The van der Waals surface area contributed by atoms with Gasteiger partial charge >= 0.3 is 18.0 Å². The highest BCUT2D eigenvalue weighted by Gasteiger charge is 2.53. The molecule has 2 heterocycles. The highest BCUT2D eigenvalue weighted by atomic mass is 16.6. The van der Waals surface area contributed by atoms with E-state index in [9.17, 15) is 19.2 Å². The molecule has 2 bridgehead atoms. The zero-order chi connectivity index (χ0) is 28.2. The molecule has 3 rings (SSSR count). The standard InChI is InChI=1S/C28H42N2O8/c1-8-11-12-37-24-22(26(33)36-10-3)29(15-20(23(24)31)25(32)35-9-2)16-21-19-14-18(13-17(19)4)30(21)27(34)38-28(5,6)7/h15,17-19,21H,8-14,16H2,1-7H3/t17-,18?,19+,21+/m1/s1. The maximum atomic E-state index is 13.4. The van der Waals surface area contributed by atoms with Gasteiger partial charge in [-0.05, 0) is 65.7 Å². The minimum absolute atomic E-state index is 0.0186. The highest BCUT2D eigenvalue weighted by molar-refractivity contribution is 5.94. The molecule has 1 saturated heterocycles. The van der Waals surface area contributed by atoms with Gasteiger partial charge in [0.2, 0.25) is 5.43 Å². The molecule has 1 amide bonds. The predicted molar refractivity (Wildman–Crippen MR) is 141 cm³/mol. The molecule has 1 aromatic rings. The molecule has 0 spiro atoms. The fourth-order valence-corrected chi connectivity index (χ4v) is 5.51. The molecular formula is C28H42N2O8. The van der Waals surface area contributed by atoms with Gasteiger partial charge in [-0.25, -0.2) is 14.4 Å². The number of hydrogen-bond acceptors (Lipinski definition) is 8. The summed E-state index contributed by atoms with van der Waals surface area (Å²) >= 11 is 0. The molecule has 1 aliphatic carbocycles. The molecule has 1 saturated carbocycles. The number of piperidine rings is 1. The van der Waals surface area contributed by atoms with Crippen LogP contribution in [-0.2, 0) is 20.8 Å². The van der Waals surface area contributed by atoms with Gasteiger partial charge in [-0.15, -0.1) is 0 Å². The van der Waals surface area contributed by atoms with E-state index >= 15 is 0 Å². The molecule has 0 radical (unpaired) electrons. The molecule has 4 atom stereocenters. The van der Waals surface area contributed by atoms with Crippen LogP contribution in [0.3, 0.4) is 0 Å². The van der Waals surface area contributed by atoms with Crippen molar-refractivity contribution in [3.05, 3.63) is 27.7 Å². The predicted octanol–water partition coefficient (Wildman–Crippen LogP) is 4.41. The van der Waals surface area contributed by atoms with Gasteiger partial charge in [-0.2, -0.15) is 0 Å². The van der Waals surface area contributed by atoms with Crippen LogP contribution in [0.25, 0.3) is 0 Å². The summed E-state index contributed by atoms with van der Waals surface area (Å²) in [5.74, 6) is -1.24. The van der Waals surface area contributed by atoms with Crippen LogP contribution in [0, 0.1) is 11.8 Å². The molecule has 0 N–H and O–H groups in total. The van der Waals surface area contributed by atoms with E-state index in [0.29, 0.717) is 12.3 Å². The number of likely N-dealkylation sites (tertiary alicyclic amines) is 1. The fourth-order valence-electron chi connectivity index (χ4n) is 5.51. The van der Waals surface area contributed by atoms with E-state index in [1.165, 1.54) is 10.8 Å². The number of fused-ring (bicyclic) bond motifs is 2. The number of pyridine rings is 1. The number of carbonyl (C=O) groups is 3. The summed E-state index contributed by atoms with van der Waals surface area (Å²) in [5.41, 5.74) is -1.68. The highest BCUT2D eigenvalue weighted by Crippen LogP contribution is 2.47. The number of rotatable bonds is 10. The summed E-state index contributed by atoms with van der Waals surface area (Å²) in [4.78, 5) is 54.4. The number of hydrogen-bond donors (Lipinski definition) is 0. The maximum absolute atomic E-state index is 13.4. The lowest BCUT2D eigenvalue weighted by atomic mass is 9.89. The van der Waals surface area contributed by atoms with Crippen molar-refractivity contribution in [2.45, 2.75) is 98.4 Å². The zero-order valence-corrected chi connectivity index (χ0v) is 23.7. The summed E-state index contributed by atoms with van der Waals surface area (Å²) in [6.45, 7) is 13.5. The Morgan fingerprint density at radius 3 is 2.29 bits per heavy atom. The Hall–Kier alpha value is -3.04. The van der Waals surface area contributed by atoms with Gasteiger partial charge in [0.25, 0.3) is 0 Å². The Bertz CT molecular complexity index is 1090. The lowest BCUT2D eigenvalue weighted by Gasteiger charge is -2.39. The first-order valence-corrected chi connectivity index (χ1v) is 13.7. The van der Waals surface area contributed by atoms with Crippen LogP contribution < -0.4 is 10.2 Å². The van der Waals surface area contributed by atoms with Gasteiger partial charge in [0.1, 0.15) is 11.2 Å². The van der Waals surface area contributed by atoms with Gasteiger partial charge in [0.15, 0.2) is 11.4 Å². The van der Waals surface area contributed by atoms with Crippen LogP contribution in [0.4, 0.5) is 4.79 Å². The monoisotopic (exact) mass is 534 g/mol. The van der Waals surface area contributed by atoms with Crippen LogP contribution in [0.1, 0.15) is 95.0 Å². The zero-order valence-electron chi connectivity index (χ0n) is 23.7. The van der Waals surface area contributed by atoms with Crippen molar-refractivity contribution in [1.82, 2.24) is 9.47 Å². The number of esters is 2. The smallest absolute Gasteiger partial charge is 0.410 e. The third kappa shape index (κ3) is 6.32. The second kappa shape index (κ2) is 12.2. The minimum atomic E-state index is -0.799. The average Bonchev–Trinajstić information content (AvgIpc) is 3.36. The Balaban J connectivity index is 2.13. The number of nitrogens with zero attached hydrogens (tertiary/aromatic N) is 2. The summed E-state index contributed by atoms with van der Waals surface area (Å²) in [6.07, 6.45) is 4.09. The van der Waals surface area contributed by atoms with Crippen molar-refractivity contribution in [1.29, 1.82) is 0 Å². The molecule has 1 unspecified atom stereocenters. The Morgan fingerprint density at radius 2 is 1.68 bits per heavy atom. The SMILES string of the molecule is CCCCOc1c(C(=O)OCC)n(C[C@H]2[C@H]3CC(C[C@H]3C)N2C(=O)OC(C)(C)C)cc(C(=O)OCC)c1=O. The number of ether oxygens (including phenoxy) is 4. The summed E-state index contributed by atoms with van der Waals surface area (Å²) in [6, 6.07) is -0.294. The second-order valence-electron chi connectivity index (χ2n) is 11.1. The average molecular weight is 535 g/mol. The van der Waals surface area contributed by atoms with Crippen molar-refractivity contribution in [2.75, 3.05) is 19.8 Å². The molecule has 1 aromatic heterocycles. The van der Waals surface area contributed by atoms with Gasteiger partial charge in [-0.3, -0.25) is 4.79 Å². The first kappa shape index (κ1) is 29.5. The minimum Gasteiger partial charge on any atom is -0.487 e. The van der Waals surface area contributed by atoms with E-state index in [2.05, 4.69) is 6.92 Å². The second-order valence-corrected chi connectivity index (χ2v) is 11.1.